The SMILES string of the molecule is c1ccc2nc(-c3cc4ccc5cccc6ccc(c3)c4c56)ccc2c1. The minimum absolute atomic E-state index is 1.02. The molecule has 6 rings (SSSR count). The van der Waals surface area contributed by atoms with Crippen molar-refractivity contribution in [3.8, 4) is 11.3 Å². The van der Waals surface area contributed by atoms with E-state index in [4.69, 9.17) is 4.98 Å². The average molecular weight is 329 g/mol. The van der Waals surface area contributed by atoms with Gasteiger partial charge in [-0.25, -0.2) is 4.98 Å². The van der Waals surface area contributed by atoms with Crippen molar-refractivity contribution in [2.75, 3.05) is 0 Å². The van der Waals surface area contributed by atoms with Gasteiger partial charge >= 0.3 is 0 Å². The Hall–Kier alpha value is -3.45. The largest absolute Gasteiger partial charge is 0.248 e. The number of para-hydroxylation sites is 1. The number of aromatic nitrogens is 1. The number of fused-ring (bicyclic) bond motifs is 1. The second-order valence-electron chi connectivity index (χ2n) is 6.90. The van der Waals surface area contributed by atoms with Crippen LogP contribution in [-0.4, -0.2) is 4.98 Å². The summed E-state index contributed by atoms with van der Waals surface area (Å²) in [7, 11) is 0. The number of benzene rings is 5. The number of hydrogen-bond acceptors (Lipinski definition) is 1. The van der Waals surface area contributed by atoms with Crippen LogP contribution < -0.4 is 0 Å². The summed E-state index contributed by atoms with van der Waals surface area (Å²) >= 11 is 0. The lowest BCUT2D eigenvalue weighted by molar-refractivity contribution is 1.41. The van der Waals surface area contributed by atoms with Crippen LogP contribution >= 0.6 is 0 Å². The fourth-order valence-electron chi connectivity index (χ4n) is 4.13. The molecule has 0 bridgehead atoms. The number of nitrogens with zero attached hydrogens (tertiary/aromatic N) is 1. The Morgan fingerprint density at radius 2 is 1.04 bits per heavy atom. The van der Waals surface area contributed by atoms with Gasteiger partial charge in [0.2, 0.25) is 0 Å². The maximum Gasteiger partial charge on any atom is 0.0710 e. The Kier molecular flexibility index (Phi) is 2.67. The summed E-state index contributed by atoms with van der Waals surface area (Å²) in [5.74, 6) is 0. The minimum Gasteiger partial charge on any atom is -0.248 e. The van der Waals surface area contributed by atoms with Crippen molar-refractivity contribution in [2.24, 2.45) is 0 Å². The Bertz CT molecular complexity index is 1360. The van der Waals surface area contributed by atoms with Gasteiger partial charge in [0.25, 0.3) is 0 Å². The molecule has 1 heteroatoms. The summed E-state index contributed by atoms with van der Waals surface area (Å²) in [4.78, 5) is 4.88. The van der Waals surface area contributed by atoms with Crippen molar-refractivity contribution < 1.29 is 0 Å². The van der Waals surface area contributed by atoms with E-state index in [9.17, 15) is 0 Å². The van der Waals surface area contributed by atoms with Gasteiger partial charge < -0.3 is 0 Å². The molecular weight excluding hydrogens is 314 g/mol. The van der Waals surface area contributed by atoms with Gasteiger partial charge in [0.05, 0.1) is 11.2 Å². The normalized spacial score (nSPS) is 11.8. The fraction of sp³-hybridized carbons (Fsp3) is 0. The van der Waals surface area contributed by atoms with Crippen LogP contribution in [-0.2, 0) is 0 Å². The van der Waals surface area contributed by atoms with E-state index in [1.165, 1.54) is 43.3 Å². The van der Waals surface area contributed by atoms with Crippen molar-refractivity contribution >= 4 is 43.2 Å². The zero-order valence-corrected chi connectivity index (χ0v) is 14.1. The summed E-state index contributed by atoms with van der Waals surface area (Å²) in [6.07, 6.45) is 0. The van der Waals surface area contributed by atoms with Gasteiger partial charge in [-0.15, -0.1) is 0 Å². The van der Waals surface area contributed by atoms with E-state index in [0.29, 0.717) is 0 Å². The summed E-state index contributed by atoms with van der Waals surface area (Å²) in [5.41, 5.74) is 3.23. The molecule has 1 aromatic heterocycles. The van der Waals surface area contributed by atoms with Crippen LogP contribution in [0.4, 0.5) is 0 Å². The number of hydrogen-bond donors (Lipinski definition) is 0. The van der Waals surface area contributed by atoms with Gasteiger partial charge in [0.1, 0.15) is 0 Å². The predicted octanol–water partition coefficient (Wildman–Crippen LogP) is 6.80. The standard InChI is InChI=1S/C25H15N/c1-2-7-22-16(4-1)12-13-23(26-22)21-14-19-10-8-17-5-3-6-18-9-11-20(15-21)25(19)24(17)18/h1-15H. The van der Waals surface area contributed by atoms with Crippen molar-refractivity contribution in [1.82, 2.24) is 4.98 Å². The third-order valence-corrected chi connectivity index (χ3v) is 5.36. The highest BCUT2D eigenvalue weighted by Gasteiger charge is 2.10. The molecule has 1 heterocycles. The van der Waals surface area contributed by atoms with E-state index in [1.807, 2.05) is 6.07 Å². The summed E-state index contributed by atoms with van der Waals surface area (Å²) in [6, 6.07) is 32.5. The van der Waals surface area contributed by atoms with Crippen LogP contribution in [0.2, 0.25) is 0 Å². The maximum absolute atomic E-state index is 4.88. The zero-order valence-electron chi connectivity index (χ0n) is 14.1. The molecule has 0 amide bonds. The predicted molar refractivity (Wildman–Crippen MR) is 111 cm³/mol. The molecule has 0 unspecified atom stereocenters. The number of pyridine rings is 1. The summed E-state index contributed by atoms with van der Waals surface area (Å²) in [6.45, 7) is 0. The van der Waals surface area contributed by atoms with Crippen molar-refractivity contribution in [2.45, 2.75) is 0 Å². The molecule has 5 aromatic carbocycles. The molecule has 0 saturated heterocycles. The molecule has 0 N–H and O–H groups in total. The van der Waals surface area contributed by atoms with E-state index in [2.05, 4.69) is 84.9 Å². The smallest absolute Gasteiger partial charge is 0.0710 e. The monoisotopic (exact) mass is 329 g/mol. The maximum atomic E-state index is 4.88. The van der Waals surface area contributed by atoms with Gasteiger partial charge in [-0.1, -0.05) is 66.7 Å². The Labute approximate surface area is 150 Å². The number of rotatable bonds is 1. The van der Waals surface area contributed by atoms with Gasteiger partial charge in [0, 0.05) is 10.9 Å². The lowest BCUT2D eigenvalue weighted by Crippen LogP contribution is -1.88. The Morgan fingerprint density at radius 3 is 1.81 bits per heavy atom. The Balaban J connectivity index is 1.68. The first-order valence-corrected chi connectivity index (χ1v) is 8.91. The van der Waals surface area contributed by atoms with E-state index in [-0.39, 0.29) is 0 Å². The van der Waals surface area contributed by atoms with E-state index in [0.717, 1.165) is 11.2 Å². The van der Waals surface area contributed by atoms with Crippen LogP contribution in [0, 0.1) is 0 Å². The third kappa shape index (κ3) is 1.89. The summed E-state index contributed by atoms with van der Waals surface area (Å²) in [5, 5.41) is 9.04. The second-order valence-corrected chi connectivity index (χ2v) is 6.90. The van der Waals surface area contributed by atoms with E-state index >= 15 is 0 Å². The zero-order chi connectivity index (χ0) is 17.1. The second kappa shape index (κ2) is 5.03. The molecule has 0 spiro atoms. The van der Waals surface area contributed by atoms with Crippen LogP contribution in [0.15, 0.2) is 91.0 Å². The van der Waals surface area contributed by atoms with Crippen LogP contribution in [0.1, 0.15) is 0 Å². The van der Waals surface area contributed by atoms with Crippen LogP contribution in [0.3, 0.4) is 0 Å². The first kappa shape index (κ1) is 13.8. The van der Waals surface area contributed by atoms with Crippen LogP contribution in [0.5, 0.6) is 0 Å². The molecule has 0 aliphatic carbocycles. The molecule has 0 aliphatic rings. The molecule has 26 heavy (non-hydrogen) atoms. The molecule has 120 valence electrons. The lowest BCUT2D eigenvalue weighted by Gasteiger charge is -2.12. The van der Waals surface area contributed by atoms with Crippen molar-refractivity contribution in [1.29, 1.82) is 0 Å². The molecule has 1 nitrogen and oxygen atoms in total. The molecule has 0 fully saturated rings. The molecule has 0 saturated carbocycles. The van der Waals surface area contributed by atoms with E-state index < -0.39 is 0 Å². The highest BCUT2D eigenvalue weighted by molar-refractivity contribution is 6.23. The summed E-state index contributed by atoms with van der Waals surface area (Å²) < 4.78 is 0. The van der Waals surface area contributed by atoms with Gasteiger partial charge in [-0.05, 0) is 56.6 Å². The average Bonchev–Trinajstić information content (AvgIpc) is 2.71. The third-order valence-electron chi connectivity index (χ3n) is 5.36. The first-order chi connectivity index (χ1) is 12.9. The van der Waals surface area contributed by atoms with E-state index in [1.54, 1.807) is 0 Å². The van der Waals surface area contributed by atoms with Crippen molar-refractivity contribution in [3.63, 3.8) is 0 Å². The molecular formula is C25H15N. The highest BCUT2D eigenvalue weighted by atomic mass is 14.7. The topological polar surface area (TPSA) is 12.9 Å². The Morgan fingerprint density at radius 1 is 0.462 bits per heavy atom. The van der Waals surface area contributed by atoms with Gasteiger partial charge in [-0.2, -0.15) is 0 Å². The lowest BCUT2D eigenvalue weighted by atomic mass is 9.92. The fourth-order valence-corrected chi connectivity index (χ4v) is 4.13. The highest BCUT2D eigenvalue weighted by Crippen LogP contribution is 2.37. The molecule has 6 aromatic rings. The van der Waals surface area contributed by atoms with Crippen LogP contribution in [0.25, 0.3) is 54.5 Å². The minimum atomic E-state index is 1.02. The molecule has 0 radical (unpaired) electrons. The van der Waals surface area contributed by atoms with Gasteiger partial charge in [0.15, 0.2) is 0 Å². The molecule has 0 atom stereocenters. The first-order valence-electron chi connectivity index (χ1n) is 8.91. The molecule has 0 aliphatic heterocycles. The quantitative estimate of drug-likeness (QED) is 0.302. The van der Waals surface area contributed by atoms with Gasteiger partial charge in [-0.3, -0.25) is 0 Å². The van der Waals surface area contributed by atoms with Crippen molar-refractivity contribution in [3.05, 3.63) is 91.0 Å².